The van der Waals surface area contributed by atoms with Crippen LogP contribution >= 0.6 is 0 Å². The van der Waals surface area contributed by atoms with Gasteiger partial charge in [0.05, 0.1) is 0 Å². The number of amides is 1. The number of carboxylic acids is 1. The molecule has 98 valence electrons. The first-order chi connectivity index (χ1) is 7.99. The van der Waals surface area contributed by atoms with E-state index in [9.17, 15) is 9.59 Å². The third-order valence-electron chi connectivity index (χ3n) is 3.20. The molecule has 0 radical (unpaired) electrons. The van der Waals surface area contributed by atoms with E-state index in [2.05, 4.69) is 0 Å². The zero-order chi connectivity index (χ0) is 12.8. The molecule has 0 saturated heterocycles. The van der Waals surface area contributed by atoms with Crippen LogP contribution in [-0.2, 0) is 9.59 Å². The van der Waals surface area contributed by atoms with Crippen LogP contribution in [0.25, 0.3) is 0 Å². The molecular formula is C13H23NO3. The molecule has 1 saturated carbocycles. The summed E-state index contributed by atoms with van der Waals surface area (Å²) in [6.45, 7) is 4.37. The van der Waals surface area contributed by atoms with Crippen LogP contribution in [0.2, 0.25) is 0 Å². The Morgan fingerprint density at radius 2 is 1.88 bits per heavy atom. The van der Waals surface area contributed by atoms with Gasteiger partial charge in [-0.3, -0.25) is 9.59 Å². The highest BCUT2D eigenvalue weighted by molar-refractivity contribution is 5.81. The van der Waals surface area contributed by atoms with Gasteiger partial charge in [0.1, 0.15) is 6.54 Å². The van der Waals surface area contributed by atoms with Crippen LogP contribution in [0.4, 0.5) is 0 Å². The summed E-state index contributed by atoms with van der Waals surface area (Å²) in [5.74, 6) is -0.133. The first kappa shape index (κ1) is 14.0. The lowest BCUT2D eigenvalue weighted by Gasteiger charge is -2.24. The molecule has 0 aromatic rings. The summed E-state index contributed by atoms with van der Waals surface area (Å²) in [6.07, 6.45) is 5.19. The lowest BCUT2D eigenvalue weighted by molar-refractivity contribution is -0.145. The van der Waals surface area contributed by atoms with Gasteiger partial charge >= 0.3 is 5.97 Å². The van der Waals surface area contributed by atoms with Gasteiger partial charge in [-0.2, -0.15) is 0 Å². The number of carbonyl (C=O) groups is 2. The van der Waals surface area contributed by atoms with Gasteiger partial charge in [0.15, 0.2) is 0 Å². The first-order valence-electron chi connectivity index (χ1n) is 6.48. The monoisotopic (exact) mass is 241 g/mol. The molecule has 0 aromatic heterocycles. The van der Waals surface area contributed by atoms with Crippen molar-refractivity contribution < 1.29 is 14.7 Å². The molecule has 1 N–H and O–H groups in total. The molecule has 4 heteroatoms. The molecule has 17 heavy (non-hydrogen) atoms. The van der Waals surface area contributed by atoms with Crippen molar-refractivity contribution in [2.24, 2.45) is 11.8 Å². The van der Waals surface area contributed by atoms with Crippen LogP contribution in [0.5, 0.6) is 0 Å². The standard InChI is InChI=1S/C13H23NO3/c1-10(2)8-14(9-13(16)17)12(15)7-11-5-3-4-6-11/h10-11H,3-9H2,1-2H3,(H,16,17). The van der Waals surface area contributed by atoms with E-state index in [-0.39, 0.29) is 12.5 Å². The Labute approximate surface area is 103 Å². The third kappa shape index (κ3) is 5.20. The highest BCUT2D eigenvalue weighted by Gasteiger charge is 2.23. The molecule has 0 bridgehead atoms. The Kier molecular flexibility index (Phi) is 5.45. The summed E-state index contributed by atoms with van der Waals surface area (Å²) in [5.41, 5.74) is 0. The van der Waals surface area contributed by atoms with E-state index in [1.165, 1.54) is 17.7 Å². The Balaban J connectivity index is 2.48. The van der Waals surface area contributed by atoms with E-state index in [0.29, 0.717) is 24.8 Å². The van der Waals surface area contributed by atoms with Gasteiger partial charge in [0.2, 0.25) is 5.91 Å². The van der Waals surface area contributed by atoms with Crippen molar-refractivity contribution >= 4 is 11.9 Å². The minimum atomic E-state index is -0.926. The molecule has 0 atom stereocenters. The van der Waals surface area contributed by atoms with E-state index in [1.54, 1.807) is 0 Å². The lowest BCUT2D eigenvalue weighted by Crippen LogP contribution is -2.38. The molecule has 1 amide bonds. The molecule has 0 spiro atoms. The van der Waals surface area contributed by atoms with Crippen LogP contribution in [-0.4, -0.2) is 35.0 Å². The maximum Gasteiger partial charge on any atom is 0.323 e. The molecule has 4 nitrogen and oxygen atoms in total. The van der Waals surface area contributed by atoms with Gasteiger partial charge in [-0.05, 0) is 24.7 Å². The minimum absolute atomic E-state index is 0.00741. The van der Waals surface area contributed by atoms with Gasteiger partial charge in [0.25, 0.3) is 0 Å². The lowest BCUT2D eigenvalue weighted by atomic mass is 10.0. The number of hydrogen-bond donors (Lipinski definition) is 1. The number of rotatable bonds is 6. The average molecular weight is 241 g/mol. The van der Waals surface area contributed by atoms with Gasteiger partial charge in [-0.1, -0.05) is 26.7 Å². The minimum Gasteiger partial charge on any atom is -0.480 e. The van der Waals surface area contributed by atoms with E-state index in [0.717, 1.165) is 12.8 Å². The Bertz CT molecular complexity index is 270. The van der Waals surface area contributed by atoms with Crippen LogP contribution < -0.4 is 0 Å². The summed E-state index contributed by atoms with van der Waals surface area (Å²) in [5, 5.41) is 8.81. The molecule has 0 aliphatic heterocycles. The second kappa shape index (κ2) is 6.62. The largest absolute Gasteiger partial charge is 0.480 e. The fraction of sp³-hybridized carbons (Fsp3) is 0.846. The van der Waals surface area contributed by atoms with E-state index >= 15 is 0 Å². The van der Waals surface area contributed by atoms with E-state index in [1.807, 2.05) is 13.8 Å². The molecule has 1 aliphatic carbocycles. The number of nitrogens with zero attached hydrogens (tertiary/aromatic N) is 1. The Morgan fingerprint density at radius 3 is 2.35 bits per heavy atom. The highest BCUT2D eigenvalue weighted by Crippen LogP contribution is 2.28. The molecule has 1 rings (SSSR count). The van der Waals surface area contributed by atoms with Crippen molar-refractivity contribution in [3.63, 3.8) is 0 Å². The molecule has 0 aromatic carbocycles. The quantitative estimate of drug-likeness (QED) is 0.775. The average Bonchev–Trinajstić information content (AvgIpc) is 2.67. The van der Waals surface area contributed by atoms with Crippen molar-refractivity contribution in [3.05, 3.63) is 0 Å². The zero-order valence-electron chi connectivity index (χ0n) is 10.8. The van der Waals surface area contributed by atoms with Crippen LogP contribution in [0.1, 0.15) is 46.0 Å². The Morgan fingerprint density at radius 1 is 1.29 bits per heavy atom. The summed E-state index contributed by atoms with van der Waals surface area (Å²) in [6, 6.07) is 0. The van der Waals surface area contributed by atoms with Crippen molar-refractivity contribution in [2.75, 3.05) is 13.1 Å². The number of carboxylic acid groups (broad SMARTS) is 1. The maximum atomic E-state index is 12.0. The molecule has 1 aliphatic rings. The summed E-state index contributed by atoms with van der Waals surface area (Å²) in [7, 11) is 0. The number of aliphatic carboxylic acids is 1. The molecule has 1 fully saturated rings. The first-order valence-corrected chi connectivity index (χ1v) is 6.48. The molecule has 0 unspecified atom stereocenters. The summed E-state index contributed by atoms with van der Waals surface area (Å²) in [4.78, 5) is 24.3. The SMILES string of the molecule is CC(C)CN(CC(=O)O)C(=O)CC1CCCC1. The van der Waals surface area contributed by atoms with Crippen LogP contribution in [0.15, 0.2) is 0 Å². The maximum absolute atomic E-state index is 12.0. The zero-order valence-corrected chi connectivity index (χ0v) is 10.8. The van der Waals surface area contributed by atoms with Crippen molar-refractivity contribution in [1.29, 1.82) is 0 Å². The molecular weight excluding hydrogens is 218 g/mol. The molecule has 0 heterocycles. The van der Waals surface area contributed by atoms with Gasteiger partial charge in [0, 0.05) is 13.0 Å². The highest BCUT2D eigenvalue weighted by atomic mass is 16.4. The second-order valence-corrected chi connectivity index (χ2v) is 5.42. The van der Waals surface area contributed by atoms with Gasteiger partial charge < -0.3 is 10.0 Å². The van der Waals surface area contributed by atoms with Gasteiger partial charge in [-0.15, -0.1) is 0 Å². The van der Waals surface area contributed by atoms with Crippen molar-refractivity contribution in [3.8, 4) is 0 Å². The summed E-state index contributed by atoms with van der Waals surface area (Å²) >= 11 is 0. The third-order valence-corrected chi connectivity index (χ3v) is 3.20. The van der Waals surface area contributed by atoms with E-state index < -0.39 is 5.97 Å². The second-order valence-electron chi connectivity index (χ2n) is 5.42. The van der Waals surface area contributed by atoms with Crippen molar-refractivity contribution in [2.45, 2.75) is 46.0 Å². The number of carbonyl (C=O) groups excluding carboxylic acids is 1. The predicted octanol–water partition coefficient (Wildman–Crippen LogP) is 2.14. The normalized spacial score (nSPS) is 16.4. The van der Waals surface area contributed by atoms with Crippen LogP contribution in [0.3, 0.4) is 0 Å². The smallest absolute Gasteiger partial charge is 0.323 e. The number of hydrogen-bond acceptors (Lipinski definition) is 2. The summed E-state index contributed by atoms with van der Waals surface area (Å²) < 4.78 is 0. The predicted molar refractivity (Wildman–Crippen MR) is 65.6 cm³/mol. The fourth-order valence-electron chi connectivity index (χ4n) is 2.45. The van der Waals surface area contributed by atoms with E-state index in [4.69, 9.17) is 5.11 Å². The van der Waals surface area contributed by atoms with Gasteiger partial charge in [-0.25, -0.2) is 0 Å². The Hall–Kier alpha value is -1.06. The fourth-order valence-corrected chi connectivity index (χ4v) is 2.45. The topological polar surface area (TPSA) is 57.6 Å². The van der Waals surface area contributed by atoms with Crippen LogP contribution in [0, 0.1) is 11.8 Å². The van der Waals surface area contributed by atoms with Crippen molar-refractivity contribution in [1.82, 2.24) is 4.90 Å².